The molecule has 298 valence electrons. The zero-order chi connectivity index (χ0) is 41.7. The summed E-state index contributed by atoms with van der Waals surface area (Å²) in [4.78, 5) is 15.3. The highest BCUT2D eigenvalue weighted by molar-refractivity contribution is 6.12. The number of nitrogens with zero attached hydrogens (tertiary/aromatic N) is 3. The first kappa shape index (κ1) is 39.0. The van der Waals surface area contributed by atoms with Crippen LogP contribution in [0.4, 0.5) is 0 Å². The lowest BCUT2D eigenvalue weighted by molar-refractivity contribution is 0.811. The van der Waals surface area contributed by atoms with E-state index in [1.807, 2.05) is 0 Å². The molecule has 2 aliphatic heterocycles. The van der Waals surface area contributed by atoms with Crippen molar-refractivity contribution < 1.29 is 0 Å². The lowest BCUT2D eigenvalue weighted by atomic mass is 9.83. The van der Waals surface area contributed by atoms with Crippen molar-refractivity contribution in [1.29, 1.82) is 0 Å². The van der Waals surface area contributed by atoms with Gasteiger partial charge in [-0.2, -0.15) is 0 Å². The van der Waals surface area contributed by atoms with Crippen LogP contribution < -0.4 is 0 Å². The van der Waals surface area contributed by atoms with Gasteiger partial charge in [0.1, 0.15) is 0 Å². The minimum absolute atomic E-state index is 0.191. The Morgan fingerprint density at radius 3 is 1.50 bits per heavy atom. The Kier molecular flexibility index (Phi) is 10.3. The van der Waals surface area contributed by atoms with Crippen LogP contribution >= 0.6 is 0 Å². The van der Waals surface area contributed by atoms with Gasteiger partial charge in [-0.15, -0.1) is 0 Å². The number of H-pyrrole nitrogens is 1. The number of fused-ring (bicyclic) bond motifs is 8. The number of para-hydroxylation sites is 1. The predicted molar refractivity (Wildman–Crippen MR) is 256 cm³/mol. The maximum atomic E-state index is 6.05. The Hall–Kier alpha value is -6.52. The molecule has 4 nitrogen and oxygen atoms in total. The quantitative estimate of drug-likeness (QED) is 0.167. The molecule has 60 heavy (non-hydrogen) atoms. The summed E-state index contributed by atoms with van der Waals surface area (Å²) in [6.45, 7) is 18.6. The molecule has 0 radical (unpaired) electrons. The summed E-state index contributed by atoms with van der Waals surface area (Å²) in [5, 5.41) is 0. The van der Waals surface area contributed by atoms with Crippen LogP contribution in [0, 0.1) is 11.8 Å². The van der Waals surface area contributed by atoms with Gasteiger partial charge in [0.05, 0.1) is 33.8 Å². The molecule has 5 heterocycles. The van der Waals surface area contributed by atoms with E-state index in [1.54, 1.807) is 0 Å². The third-order valence-electron chi connectivity index (χ3n) is 11.9. The van der Waals surface area contributed by atoms with Crippen LogP contribution in [0.2, 0.25) is 0 Å². The normalized spacial score (nSPS) is 12.8. The van der Waals surface area contributed by atoms with Gasteiger partial charge in [0.2, 0.25) is 0 Å². The maximum absolute atomic E-state index is 6.05. The summed E-state index contributed by atoms with van der Waals surface area (Å²) in [7, 11) is 0. The molecule has 4 aromatic carbocycles. The first-order chi connectivity index (χ1) is 29.1. The predicted octanol–water partition coefficient (Wildman–Crippen LogP) is 15.4. The van der Waals surface area contributed by atoms with E-state index in [1.165, 1.54) is 27.8 Å². The summed E-state index contributed by atoms with van der Waals surface area (Å²) in [5.41, 5.74) is 21.4. The van der Waals surface area contributed by atoms with E-state index >= 15 is 0 Å². The molecule has 2 aliphatic rings. The third-order valence-corrected chi connectivity index (χ3v) is 11.9. The first-order valence-electron chi connectivity index (χ1n) is 21.6. The van der Waals surface area contributed by atoms with E-state index < -0.39 is 0 Å². The van der Waals surface area contributed by atoms with E-state index in [-0.39, 0.29) is 17.8 Å². The van der Waals surface area contributed by atoms with E-state index in [2.05, 4.69) is 217 Å². The van der Waals surface area contributed by atoms with Crippen molar-refractivity contribution in [1.82, 2.24) is 19.5 Å². The molecule has 9 rings (SSSR count). The highest BCUT2D eigenvalue weighted by Crippen LogP contribution is 2.51. The molecule has 4 heteroatoms. The van der Waals surface area contributed by atoms with Crippen molar-refractivity contribution in [3.05, 3.63) is 173 Å². The summed E-state index contributed by atoms with van der Waals surface area (Å²) in [6.07, 6.45) is 4.29. The Morgan fingerprint density at radius 2 is 0.967 bits per heavy atom. The summed E-state index contributed by atoms with van der Waals surface area (Å²) in [6, 6.07) is 50.5. The smallest absolute Gasteiger partial charge is 0.0775 e. The zero-order valence-electron chi connectivity index (χ0n) is 36.1. The molecule has 7 aromatic rings. The van der Waals surface area contributed by atoms with Gasteiger partial charge in [0.15, 0.2) is 0 Å². The topological polar surface area (TPSA) is 46.5 Å². The fourth-order valence-corrected chi connectivity index (χ4v) is 9.42. The van der Waals surface area contributed by atoms with Gasteiger partial charge in [0.25, 0.3) is 0 Å². The first-order valence-corrected chi connectivity index (χ1v) is 21.6. The van der Waals surface area contributed by atoms with Gasteiger partial charge < -0.3 is 9.55 Å². The highest BCUT2D eigenvalue weighted by atomic mass is 15.0. The van der Waals surface area contributed by atoms with Crippen LogP contribution in [0.5, 0.6) is 0 Å². The Balaban J connectivity index is 1.69. The minimum atomic E-state index is 0.191. The van der Waals surface area contributed by atoms with Gasteiger partial charge in [-0.3, -0.25) is 0 Å². The third kappa shape index (κ3) is 6.84. The summed E-state index contributed by atoms with van der Waals surface area (Å²) >= 11 is 0. The van der Waals surface area contributed by atoms with Gasteiger partial charge in [0, 0.05) is 39.0 Å². The highest BCUT2D eigenvalue weighted by Gasteiger charge is 2.33. The second-order valence-corrected chi connectivity index (χ2v) is 17.4. The number of aromatic amines is 1. The van der Waals surface area contributed by atoms with Crippen LogP contribution in [0.15, 0.2) is 140 Å². The molecule has 0 spiro atoms. The average molecular weight is 783 g/mol. The number of hydrogen-bond donors (Lipinski definition) is 1. The molecule has 8 bridgehead atoms. The van der Waals surface area contributed by atoms with E-state index in [0.29, 0.717) is 5.92 Å². The van der Waals surface area contributed by atoms with E-state index in [0.717, 1.165) is 78.4 Å². The van der Waals surface area contributed by atoms with Crippen LogP contribution in [-0.2, 0) is 0 Å². The Morgan fingerprint density at radius 1 is 0.467 bits per heavy atom. The van der Waals surface area contributed by atoms with Crippen LogP contribution in [0.3, 0.4) is 0 Å². The molecule has 0 fully saturated rings. The van der Waals surface area contributed by atoms with Crippen molar-refractivity contribution in [2.24, 2.45) is 11.8 Å². The number of rotatable bonds is 8. The van der Waals surface area contributed by atoms with Gasteiger partial charge in [-0.25, -0.2) is 9.97 Å². The fourth-order valence-electron chi connectivity index (χ4n) is 9.42. The van der Waals surface area contributed by atoms with Gasteiger partial charge >= 0.3 is 0 Å². The molecule has 0 saturated heterocycles. The van der Waals surface area contributed by atoms with Crippen molar-refractivity contribution in [3.63, 3.8) is 0 Å². The standard InChI is InChI=1S/C56H54N4/c1-34(2)45-32-43-31-41-29-30-42(57-41)33-46-50(38-21-13-9-14-22-38)51(39-23-15-10-16-24-39)56(60(46)44-27-19-12-20-28-44)52(40-25-17-11-18-26-40)55-48(36(5)6)47(35(3)4)54(59-55)49(37(7)8)53(45)58-43/h9-37,58H,1-8H3. The lowest BCUT2D eigenvalue weighted by Gasteiger charge is -2.19. The van der Waals surface area contributed by atoms with Crippen LogP contribution in [-0.4, -0.2) is 19.5 Å². The molecular formula is C56H54N4. The minimum Gasteiger partial charge on any atom is -0.355 e. The second-order valence-electron chi connectivity index (χ2n) is 17.4. The summed E-state index contributed by atoms with van der Waals surface area (Å²) in [5.74, 6) is 0.906. The van der Waals surface area contributed by atoms with Gasteiger partial charge in [-0.1, -0.05) is 165 Å². The van der Waals surface area contributed by atoms with Crippen molar-refractivity contribution >= 4 is 45.4 Å². The van der Waals surface area contributed by atoms with Crippen LogP contribution in [0.1, 0.15) is 101 Å². The fraction of sp³-hybridized carbons (Fsp3) is 0.214. The largest absolute Gasteiger partial charge is 0.355 e. The van der Waals surface area contributed by atoms with E-state index in [9.17, 15) is 0 Å². The second kappa shape index (κ2) is 15.9. The molecular weight excluding hydrogens is 729 g/mol. The van der Waals surface area contributed by atoms with Crippen molar-refractivity contribution in [2.75, 3.05) is 0 Å². The lowest BCUT2D eigenvalue weighted by Crippen LogP contribution is -2.03. The monoisotopic (exact) mass is 782 g/mol. The van der Waals surface area contributed by atoms with E-state index in [4.69, 9.17) is 9.97 Å². The number of hydrogen-bond acceptors (Lipinski definition) is 2. The SMILES string of the molecule is CC(C)C1=C(C(C)C)c2nc1c(C(C)C)c1[nH]c(cc3nc(cc4c(-c5ccccc5)c(-c5ccccc5)c(c2-c2ccccc2)n4-c2ccccc2)C=C3)cc1C(C)C. The Bertz CT molecular complexity index is 2940. The average Bonchev–Trinajstić information content (AvgIpc) is 4.04. The molecule has 0 unspecified atom stereocenters. The molecule has 0 saturated carbocycles. The number of allylic oxidation sites excluding steroid dienone is 2. The number of nitrogens with one attached hydrogen (secondary N) is 1. The van der Waals surface area contributed by atoms with Crippen molar-refractivity contribution in [3.8, 4) is 39.1 Å². The van der Waals surface area contributed by atoms with Crippen molar-refractivity contribution in [2.45, 2.75) is 67.2 Å². The molecule has 0 atom stereocenters. The summed E-state index contributed by atoms with van der Waals surface area (Å²) < 4.78 is 2.49. The molecule has 1 N–H and O–H groups in total. The van der Waals surface area contributed by atoms with Crippen LogP contribution in [0.25, 0.3) is 84.4 Å². The molecule has 0 amide bonds. The zero-order valence-corrected chi connectivity index (χ0v) is 36.1. The number of aromatic nitrogens is 4. The molecule has 3 aromatic heterocycles. The Labute approximate surface area is 355 Å². The number of benzene rings is 4. The maximum Gasteiger partial charge on any atom is 0.0775 e. The van der Waals surface area contributed by atoms with Gasteiger partial charge in [-0.05, 0) is 99.6 Å². The molecule has 0 aliphatic carbocycles.